The summed E-state index contributed by atoms with van der Waals surface area (Å²) in [7, 11) is 1.68. The number of nitrogens with zero attached hydrogens (tertiary/aromatic N) is 1. The second-order valence-electron chi connectivity index (χ2n) is 4.82. The molecule has 0 aliphatic rings. The molecule has 4 heteroatoms. The summed E-state index contributed by atoms with van der Waals surface area (Å²) >= 11 is 1.76. The monoisotopic (exact) mass is 296 g/mol. The molecule has 3 nitrogen and oxygen atoms in total. The molecule has 0 spiro atoms. The van der Waals surface area contributed by atoms with Crippen LogP contribution in [0.1, 0.15) is 6.92 Å². The van der Waals surface area contributed by atoms with Gasteiger partial charge in [0, 0.05) is 9.58 Å². The van der Waals surface area contributed by atoms with Crippen LogP contribution in [0.5, 0.6) is 5.75 Å². The van der Waals surface area contributed by atoms with Crippen molar-refractivity contribution in [3.05, 3.63) is 48.5 Å². The molecule has 0 fully saturated rings. The number of methoxy groups -OCH3 is 1. The van der Waals surface area contributed by atoms with Crippen molar-refractivity contribution in [1.82, 2.24) is 0 Å². The fourth-order valence-electron chi connectivity index (χ4n) is 2.22. The Kier molecular flexibility index (Phi) is 3.62. The SMILES string of the molecule is COc1cccc(-c2cc3cc(N=C(C)N)ccc3s2)c1. The lowest BCUT2D eigenvalue weighted by Crippen LogP contribution is -2.03. The van der Waals surface area contributed by atoms with Gasteiger partial charge in [-0.2, -0.15) is 0 Å². The zero-order valence-corrected chi connectivity index (χ0v) is 12.8. The largest absolute Gasteiger partial charge is 0.497 e. The van der Waals surface area contributed by atoms with E-state index in [4.69, 9.17) is 10.5 Å². The van der Waals surface area contributed by atoms with Crippen molar-refractivity contribution >= 4 is 32.9 Å². The van der Waals surface area contributed by atoms with E-state index in [1.54, 1.807) is 25.4 Å². The molecule has 0 atom stereocenters. The molecule has 3 rings (SSSR count). The van der Waals surface area contributed by atoms with Crippen molar-refractivity contribution in [1.29, 1.82) is 0 Å². The standard InChI is InChI=1S/C17H16N2OS/c1-11(18)19-14-6-7-16-13(8-14)10-17(21-16)12-4-3-5-15(9-12)20-2/h3-10H,1-2H3,(H2,18,19). The van der Waals surface area contributed by atoms with Gasteiger partial charge in [0.1, 0.15) is 5.75 Å². The summed E-state index contributed by atoms with van der Waals surface area (Å²) in [6, 6.07) is 16.4. The third kappa shape index (κ3) is 2.90. The summed E-state index contributed by atoms with van der Waals surface area (Å²) in [4.78, 5) is 5.52. The highest BCUT2D eigenvalue weighted by Crippen LogP contribution is 2.36. The van der Waals surface area contributed by atoms with Crippen LogP contribution in [-0.4, -0.2) is 12.9 Å². The Balaban J connectivity index is 2.06. The first-order valence-electron chi connectivity index (χ1n) is 6.64. The van der Waals surface area contributed by atoms with Crippen LogP contribution >= 0.6 is 11.3 Å². The quantitative estimate of drug-likeness (QED) is 0.568. The average Bonchev–Trinajstić information content (AvgIpc) is 2.90. The lowest BCUT2D eigenvalue weighted by Gasteiger charge is -2.01. The van der Waals surface area contributed by atoms with Crippen molar-refractivity contribution in [2.45, 2.75) is 6.92 Å². The van der Waals surface area contributed by atoms with Gasteiger partial charge in [-0.15, -0.1) is 11.3 Å². The number of hydrogen-bond acceptors (Lipinski definition) is 3. The zero-order valence-electron chi connectivity index (χ0n) is 12.0. The highest BCUT2D eigenvalue weighted by molar-refractivity contribution is 7.22. The average molecular weight is 296 g/mol. The number of rotatable bonds is 3. The Bertz CT molecular complexity index is 817. The van der Waals surface area contributed by atoms with E-state index < -0.39 is 0 Å². The van der Waals surface area contributed by atoms with Gasteiger partial charge in [-0.1, -0.05) is 12.1 Å². The maximum Gasteiger partial charge on any atom is 0.119 e. The van der Waals surface area contributed by atoms with Gasteiger partial charge in [-0.25, -0.2) is 4.99 Å². The summed E-state index contributed by atoms with van der Waals surface area (Å²) in [6.45, 7) is 1.79. The van der Waals surface area contributed by atoms with Crippen LogP contribution < -0.4 is 10.5 Å². The Morgan fingerprint density at radius 3 is 2.76 bits per heavy atom. The minimum Gasteiger partial charge on any atom is -0.497 e. The smallest absolute Gasteiger partial charge is 0.119 e. The molecule has 0 saturated heterocycles. The molecule has 0 saturated carbocycles. The number of fused-ring (bicyclic) bond motifs is 1. The van der Waals surface area contributed by atoms with Crippen LogP contribution in [0.15, 0.2) is 53.5 Å². The highest BCUT2D eigenvalue weighted by atomic mass is 32.1. The highest BCUT2D eigenvalue weighted by Gasteiger charge is 2.06. The molecule has 2 aromatic carbocycles. The zero-order chi connectivity index (χ0) is 14.8. The van der Waals surface area contributed by atoms with E-state index >= 15 is 0 Å². The van der Waals surface area contributed by atoms with Crippen LogP contribution in [0.25, 0.3) is 20.5 Å². The van der Waals surface area contributed by atoms with Gasteiger partial charge in [-0.3, -0.25) is 0 Å². The van der Waals surface area contributed by atoms with Gasteiger partial charge in [0.05, 0.1) is 18.6 Å². The maximum absolute atomic E-state index is 5.64. The van der Waals surface area contributed by atoms with Gasteiger partial charge in [0.2, 0.25) is 0 Å². The van der Waals surface area contributed by atoms with Crippen LogP contribution in [-0.2, 0) is 0 Å². The minimum atomic E-state index is 0.567. The first-order chi connectivity index (χ1) is 10.2. The summed E-state index contributed by atoms with van der Waals surface area (Å²) in [5.74, 6) is 1.44. The molecule has 1 heterocycles. The van der Waals surface area contributed by atoms with Gasteiger partial charge < -0.3 is 10.5 Å². The third-order valence-electron chi connectivity index (χ3n) is 3.16. The lowest BCUT2D eigenvalue weighted by molar-refractivity contribution is 0.415. The van der Waals surface area contributed by atoms with E-state index in [1.165, 1.54) is 15.0 Å². The molecule has 0 unspecified atom stereocenters. The molecule has 21 heavy (non-hydrogen) atoms. The summed E-state index contributed by atoms with van der Waals surface area (Å²) in [6.07, 6.45) is 0. The minimum absolute atomic E-state index is 0.567. The summed E-state index contributed by atoms with van der Waals surface area (Å²) in [5.41, 5.74) is 7.68. The van der Waals surface area contributed by atoms with Crippen LogP contribution in [0.3, 0.4) is 0 Å². The van der Waals surface area contributed by atoms with Crippen LogP contribution in [0, 0.1) is 0 Å². The number of nitrogens with two attached hydrogens (primary N) is 1. The van der Waals surface area contributed by atoms with Gasteiger partial charge in [0.25, 0.3) is 0 Å². The number of amidine groups is 1. The second-order valence-corrected chi connectivity index (χ2v) is 5.90. The Morgan fingerprint density at radius 2 is 2.00 bits per heavy atom. The first-order valence-corrected chi connectivity index (χ1v) is 7.46. The first kappa shape index (κ1) is 13.6. The Labute approximate surface area is 127 Å². The molecule has 0 aliphatic heterocycles. The normalized spacial score (nSPS) is 11.8. The Hall–Kier alpha value is -2.33. The van der Waals surface area contributed by atoms with E-state index in [0.29, 0.717) is 5.84 Å². The van der Waals surface area contributed by atoms with E-state index in [0.717, 1.165) is 17.0 Å². The topological polar surface area (TPSA) is 47.6 Å². The number of hydrogen-bond donors (Lipinski definition) is 1. The predicted molar refractivity (Wildman–Crippen MR) is 90.8 cm³/mol. The molecule has 0 bridgehead atoms. The maximum atomic E-state index is 5.64. The van der Waals surface area contributed by atoms with E-state index in [1.807, 2.05) is 24.3 Å². The molecule has 0 radical (unpaired) electrons. The van der Waals surface area contributed by atoms with Crippen molar-refractivity contribution in [2.75, 3.05) is 7.11 Å². The Morgan fingerprint density at radius 1 is 1.14 bits per heavy atom. The molecule has 106 valence electrons. The van der Waals surface area contributed by atoms with Gasteiger partial charge in [0.15, 0.2) is 0 Å². The molecular formula is C17H16N2OS. The van der Waals surface area contributed by atoms with Crippen molar-refractivity contribution in [3.8, 4) is 16.2 Å². The molecule has 1 aromatic heterocycles. The second kappa shape index (κ2) is 5.58. The molecule has 0 aliphatic carbocycles. The van der Waals surface area contributed by atoms with Crippen molar-refractivity contribution in [3.63, 3.8) is 0 Å². The fourth-order valence-corrected chi connectivity index (χ4v) is 3.26. The summed E-state index contributed by atoms with van der Waals surface area (Å²) in [5, 5.41) is 1.18. The van der Waals surface area contributed by atoms with Crippen LogP contribution in [0.2, 0.25) is 0 Å². The number of thiophene rings is 1. The van der Waals surface area contributed by atoms with E-state index in [-0.39, 0.29) is 0 Å². The number of ether oxygens (including phenoxy) is 1. The van der Waals surface area contributed by atoms with Crippen molar-refractivity contribution < 1.29 is 4.74 Å². The lowest BCUT2D eigenvalue weighted by atomic mass is 10.1. The summed E-state index contributed by atoms with van der Waals surface area (Å²) < 4.78 is 6.52. The fraction of sp³-hybridized carbons (Fsp3) is 0.118. The van der Waals surface area contributed by atoms with Crippen LogP contribution in [0.4, 0.5) is 5.69 Å². The molecule has 3 aromatic rings. The molecular weight excluding hydrogens is 280 g/mol. The molecule has 2 N–H and O–H groups in total. The van der Waals surface area contributed by atoms with Gasteiger partial charge >= 0.3 is 0 Å². The van der Waals surface area contributed by atoms with Gasteiger partial charge in [-0.05, 0) is 54.3 Å². The van der Waals surface area contributed by atoms with Crippen molar-refractivity contribution in [2.24, 2.45) is 10.7 Å². The third-order valence-corrected chi connectivity index (χ3v) is 4.32. The predicted octanol–water partition coefficient (Wildman–Crippen LogP) is 4.59. The van der Waals surface area contributed by atoms with E-state index in [9.17, 15) is 0 Å². The van der Waals surface area contributed by atoms with E-state index in [2.05, 4.69) is 29.3 Å². The number of aliphatic imine (C=N–C) groups is 1. The molecule has 0 amide bonds. The number of benzene rings is 2.